The third-order valence-corrected chi connectivity index (χ3v) is 1.53. The summed E-state index contributed by atoms with van der Waals surface area (Å²) in [6.07, 6.45) is 1.17. The Morgan fingerprint density at radius 3 is 2.09 bits per heavy atom. The molecule has 0 saturated carbocycles. The first-order valence-corrected chi connectivity index (χ1v) is 3.05. The molecule has 0 heterocycles. The van der Waals surface area contributed by atoms with Crippen molar-refractivity contribution in [1.82, 2.24) is 0 Å². The Morgan fingerprint density at radius 2 is 1.91 bits per heavy atom. The first kappa shape index (κ1) is 17.4. The first-order chi connectivity index (χ1) is 3.84. The average Bonchev–Trinajstić information content (AvgIpc) is 2.14. The summed E-state index contributed by atoms with van der Waals surface area (Å²) in [5.74, 6) is 0. The Morgan fingerprint density at radius 1 is 1.36 bits per heavy atom. The maximum absolute atomic E-state index is 2.18. The topological polar surface area (TPSA) is 0 Å². The van der Waals surface area contributed by atoms with Gasteiger partial charge in [-0.25, -0.2) is 12.1 Å². The molecule has 0 aliphatic carbocycles. The van der Waals surface area contributed by atoms with Gasteiger partial charge >= 0.3 is 26.2 Å². The maximum atomic E-state index is 2.18. The van der Waals surface area contributed by atoms with Gasteiger partial charge in [-0.15, -0.1) is 0 Å². The van der Waals surface area contributed by atoms with Crippen molar-refractivity contribution < 1.29 is 26.2 Å². The van der Waals surface area contributed by atoms with Crippen LogP contribution >= 0.6 is 0 Å². The molecule has 0 unspecified atom stereocenters. The van der Waals surface area contributed by atoms with Crippen molar-refractivity contribution in [3.8, 4) is 0 Å². The summed E-state index contributed by atoms with van der Waals surface area (Å²) < 4.78 is 0. The molecule has 0 atom stereocenters. The van der Waals surface area contributed by atoms with E-state index in [4.69, 9.17) is 0 Å². The Kier molecular flexibility index (Phi) is 13.1. The van der Waals surface area contributed by atoms with E-state index in [1.165, 1.54) is 17.5 Å². The molecule has 0 aliphatic heterocycles. The van der Waals surface area contributed by atoms with Gasteiger partial charge < -0.3 is 14.9 Å². The normalized spacial score (nSPS) is 7.09. The van der Waals surface area contributed by atoms with Crippen LogP contribution in [0.15, 0.2) is 18.2 Å². The first-order valence-electron chi connectivity index (χ1n) is 3.05. The van der Waals surface area contributed by atoms with Gasteiger partial charge in [-0.05, 0) is 0 Å². The van der Waals surface area contributed by atoms with E-state index in [1.54, 1.807) is 0 Å². The van der Waals surface area contributed by atoms with E-state index in [9.17, 15) is 0 Å². The number of rotatable bonds is 1. The Hall–Kier alpha value is 0.233. The molecular weight excluding hydrogens is 211 g/mol. The fourth-order valence-corrected chi connectivity index (χ4v) is 0.944. The summed E-state index contributed by atoms with van der Waals surface area (Å²) in [5, 5.41) is 0. The SMILES string of the molecule is CCc1ccc[c-]1C.[CH3-].[CH3-].[Zr+3]. The quantitative estimate of drug-likeness (QED) is 0.648. The van der Waals surface area contributed by atoms with Crippen molar-refractivity contribution in [1.29, 1.82) is 0 Å². The van der Waals surface area contributed by atoms with Gasteiger partial charge in [-0.2, -0.15) is 17.2 Å². The third kappa shape index (κ3) is 4.64. The maximum Gasteiger partial charge on any atom is 3.00 e. The van der Waals surface area contributed by atoms with Crippen LogP contribution in [0.5, 0.6) is 0 Å². The van der Waals surface area contributed by atoms with Crippen molar-refractivity contribution in [2.45, 2.75) is 20.3 Å². The molecule has 0 nitrogen and oxygen atoms in total. The molecule has 0 fully saturated rings. The van der Waals surface area contributed by atoms with Gasteiger partial charge in [0, 0.05) is 0 Å². The van der Waals surface area contributed by atoms with E-state index in [0.717, 1.165) is 0 Å². The van der Waals surface area contributed by atoms with Gasteiger partial charge in [0.15, 0.2) is 0 Å². The second-order valence-electron chi connectivity index (χ2n) is 2.09. The van der Waals surface area contributed by atoms with E-state index in [0.29, 0.717) is 0 Å². The molecule has 0 N–H and O–H groups in total. The molecule has 1 aromatic carbocycles. The predicted octanol–water partition coefficient (Wildman–Crippen LogP) is 3.17. The van der Waals surface area contributed by atoms with Crippen molar-refractivity contribution >= 4 is 0 Å². The van der Waals surface area contributed by atoms with E-state index in [-0.39, 0.29) is 41.1 Å². The zero-order chi connectivity index (χ0) is 5.98. The minimum absolute atomic E-state index is 0. The van der Waals surface area contributed by atoms with E-state index >= 15 is 0 Å². The standard InChI is InChI=1S/C8H11.2CH3.Zr/c1-3-8-6-4-5-7(8)2;;;/h4-6H,3H2,1-2H3;2*1H3;/q3*-1;+3. The second kappa shape index (κ2) is 8.33. The molecule has 0 amide bonds. The molecule has 0 aromatic heterocycles. The van der Waals surface area contributed by atoms with E-state index in [1.807, 2.05) is 0 Å². The molecule has 1 radical (unpaired) electrons. The van der Waals surface area contributed by atoms with E-state index < -0.39 is 0 Å². The summed E-state index contributed by atoms with van der Waals surface area (Å²) >= 11 is 0. The molecule has 11 heavy (non-hydrogen) atoms. The molecule has 0 aliphatic rings. The zero-order valence-electron chi connectivity index (χ0n) is 7.94. The van der Waals surface area contributed by atoms with Gasteiger partial charge in [-0.1, -0.05) is 20.3 Å². The van der Waals surface area contributed by atoms with Crippen LogP contribution in [0.1, 0.15) is 18.1 Å². The van der Waals surface area contributed by atoms with Crippen LogP contribution in [-0.4, -0.2) is 0 Å². The number of aryl methyl sites for hydroxylation is 2. The summed E-state index contributed by atoms with van der Waals surface area (Å²) in [6.45, 7) is 4.33. The van der Waals surface area contributed by atoms with Crippen LogP contribution in [0.2, 0.25) is 0 Å². The summed E-state index contributed by atoms with van der Waals surface area (Å²) in [4.78, 5) is 0. The molecule has 61 valence electrons. The molecule has 0 saturated heterocycles. The van der Waals surface area contributed by atoms with Gasteiger partial charge in [-0.3, -0.25) is 0 Å². The average molecular weight is 228 g/mol. The predicted molar refractivity (Wildman–Crippen MR) is 49.0 cm³/mol. The minimum Gasteiger partial charge on any atom is -0.358 e. The van der Waals surface area contributed by atoms with Crippen LogP contribution < -0.4 is 0 Å². The summed E-state index contributed by atoms with van der Waals surface area (Å²) in [6, 6.07) is 6.43. The van der Waals surface area contributed by atoms with E-state index in [2.05, 4.69) is 32.0 Å². The van der Waals surface area contributed by atoms with Gasteiger partial charge in [0.1, 0.15) is 0 Å². The fourth-order valence-electron chi connectivity index (χ4n) is 0.944. The molecule has 1 heteroatoms. The molecule has 1 aromatic rings. The zero-order valence-corrected chi connectivity index (χ0v) is 10.4. The Bertz CT molecular complexity index is 165. The van der Waals surface area contributed by atoms with Crippen molar-refractivity contribution in [3.05, 3.63) is 44.2 Å². The largest absolute Gasteiger partial charge is 3.00 e. The van der Waals surface area contributed by atoms with Crippen LogP contribution in [0.3, 0.4) is 0 Å². The van der Waals surface area contributed by atoms with Gasteiger partial charge in [0.05, 0.1) is 0 Å². The van der Waals surface area contributed by atoms with Gasteiger partial charge in [0.25, 0.3) is 0 Å². The summed E-state index contributed by atoms with van der Waals surface area (Å²) in [5.41, 5.74) is 2.90. The molecule has 1 rings (SSSR count). The fraction of sp³-hybridized carbons (Fsp3) is 0.300. The van der Waals surface area contributed by atoms with Crippen LogP contribution in [0.4, 0.5) is 0 Å². The Labute approximate surface area is 90.5 Å². The minimum atomic E-state index is 0. The van der Waals surface area contributed by atoms with Crippen molar-refractivity contribution in [3.63, 3.8) is 0 Å². The van der Waals surface area contributed by atoms with Gasteiger partial charge in [0.2, 0.25) is 0 Å². The van der Waals surface area contributed by atoms with Crippen LogP contribution in [0.25, 0.3) is 0 Å². The molecule has 0 bridgehead atoms. The second-order valence-corrected chi connectivity index (χ2v) is 2.09. The smallest absolute Gasteiger partial charge is 0.358 e. The Balaban J connectivity index is -0.000000213. The van der Waals surface area contributed by atoms with Crippen molar-refractivity contribution in [2.75, 3.05) is 0 Å². The number of hydrogen-bond acceptors (Lipinski definition) is 0. The van der Waals surface area contributed by atoms with Crippen LogP contribution in [-0.2, 0) is 32.6 Å². The molecular formula is C10H17Zr. The third-order valence-electron chi connectivity index (χ3n) is 1.53. The summed E-state index contributed by atoms with van der Waals surface area (Å²) in [7, 11) is 0. The monoisotopic (exact) mass is 227 g/mol. The number of hydrogen-bond donors (Lipinski definition) is 0. The molecule has 0 spiro atoms. The van der Waals surface area contributed by atoms with Crippen molar-refractivity contribution in [2.24, 2.45) is 0 Å². The van der Waals surface area contributed by atoms with Crippen LogP contribution in [0, 0.1) is 21.8 Å².